The van der Waals surface area contributed by atoms with E-state index in [1.54, 1.807) is 0 Å². The summed E-state index contributed by atoms with van der Waals surface area (Å²) in [7, 11) is 0. The van der Waals surface area contributed by atoms with Crippen LogP contribution in [0.3, 0.4) is 0 Å². The van der Waals surface area contributed by atoms with Gasteiger partial charge in [-0.05, 0) is 25.0 Å². The minimum Gasteiger partial charge on any atom is -0.292 e. The number of thiazole rings is 1. The zero-order chi connectivity index (χ0) is 12.7. The van der Waals surface area contributed by atoms with Gasteiger partial charge in [-0.2, -0.15) is 0 Å². The molecule has 5 heteroatoms. The van der Waals surface area contributed by atoms with Crippen LogP contribution in [0.2, 0.25) is 0 Å². The Morgan fingerprint density at radius 2 is 1.89 bits per heavy atom. The molecule has 0 spiro atoms. The van der Waals surface area contributed by atoms with E-state index >= 15 is 0 Å². The van der Waals surface area contributed by atoms with Gasteiger partial charge >= 0.3 is 0 Å². The van der Waals surface area contributed by atoms with Gasteiger partial charge in [0, 0.05) is 11.3 Å². The fourth-order valence-corrected chi connectivity index (χ4v) is 3.25. The van der Waals surface area contributed by atoms with Crippen molar-refractivity contribution in [3.05, 3.63) is 40.4 Å². The lowest BCUT2D eigenvalue weighted by atomic mass is 10.0. The highest BCUT2D eigenvalue weighted by Gasteiger charge is 2.24. The highest BCUT2D eigenvalue weighted by molar-refractivity contribution is 7.15. The Balaban J connectivity index is 2.16. The van der Waals surface area contributed by atoms with Gasteiger partial charge in [0.2, 0.25) is 0 Å². The summed E-state index contributed by atoms with van der Waals surface area (Å²) >= 11 is 1.21. The number of rotatable bonds is 1. The van der Waals surface area contributed by atoms with Crippen molar-refractivity contribution in [2.75, 3.05) is 0 Å². The van der Waals surface area contributed by atoms with E-state index in [4.69, 9.17) is 0 Å². The largest absolute Gasteiger partial charge is 0.292 e. The Labute approximate surface area is 106 Å². The zero-order valence-corrected chi connectivity index (χ0v) is 10.2. The van der Waals surface area contributed by atoms with E-state index in [1.807, 2.05) is 0 Å². The van der Waals surface area contributed by atoms with Crippen LogP contribution in [0.4, 0.5) is 8.78 Å². The SMILES string of the molecule is O=C1CCCc2sc(-c3c(F)cccc3F)nc21. The number of aromatic nitrogens is 1. The molecule has 0 fully saturated rings. The molecule has 0 amide bonds. The number of hydrogen-bond acceptors (Lipinski definition) is 3. The highest BCUT2D eigenvalue weighted by atomic mass is 32.1. The average molecular weight is 265 g/mol. The summed E-state index contributed by atoms with van der Waals surface area (Å²) in [5.74, 6) is -1.32. The molecule has 2 aromatic rings. The fraction of sp³-hybridized carbons (Fsp3) is 0.231. The molecule has 0 N–H and O–H groups in total. The minimum absolute atomic E-state index is 0.0319. The molecule has 0 atom stereocenters. The summed E-state index contributed by atoms with van der Waals surface area (Å²) in [5.41, 5.74) is 0.258. The summed E-state index contributed by atoms with van der Waals surface area (Å²) in [6, 6.07) is 3.70. The van der Waals surface area contributed by atoms with E-state index in [2.05, 4.69) is 4.98 Å². The van der Waals surface area contributed by atoms with Gasteiger partial charge in [-0.25, -0.2) is 13.8 Å². The van der Waals surface area contributed by atoms with Gasteiger partial charge in [0.25, 0.3) is 0 Å². The van der Waals surface area contributed by atoms with Crippen molar-refractivity contribution in [2.24, 2.45) is 0 Å². The van der Waals surface area contributed by atoms with E-state index in [0.717, 1.165) is 17.7 Å². The second-order valence-electron chi connectivity index (χ2n) is 4.16. The van der Waals surface area contributed by atoms with Crippen LogP contribution in [-0.2, 0) is 6.42 Å². The summed E-state index contributed by atoms with van der Waals surface area (Å²) < 4.78 is 27.3. The molecule has 1 aliphatic carbocycles. The van der Waals surface area contributed by atoms with Gasteiger partial charge in [0.15, 0.2) is 5.78 Å². The van der Waals surface area contributed by atoms with E-state index < -0.39 is 11.6 Å². The molecule has 0 unspecified atom stereocenters. The number of carbonyl (C=O) groups excluding carboxylic acids is 1. The molecule has 1 aromatic heterocycles. The molecule has 0 saturated heterocycles. The Hall–Kier alpha value is -1.62. The molecule has 1 aliphatic rings. The number of Topliss-reactive ketones (excluding diaryl/α,β-unsaturated/α-hetero) is 1. The summed E-state index contributed by atoms with van der Waals surface area (Å²) in [6.45, 7) is 0. The smallest absolute Gasteiger partial charge is 0.182 e. The van der Waals surface area contributed by atoms with Crippen molar-refractivity contribution in [2.45, 2.75) is 19.3 Å². The minimum atomic E-state index is -0.645. The molecule has 1 heterocycles. The standard InChI is InChI=1S/C13H9F2NOS/c14-7-3-1-4-8(15)11(7)13-16-12-9(17)5-2-6-10(12)18-13/h1,3-4H,2,5-6H2. The molecule has 92 valence electrons. The van der Waals surface area contributed by atoms with Gasteiger partial charge in [-0.15, -0.1) is 11.3 Å². The molecule has 0 saturated carbocycles. The fourth-order valence-electron chi connectivity index (χ4n) is 2.08. The Morgan fingerprint density at radius 3 is 2.56 bits per heavy atom. The number of ketones is 1. The van der Waals surface area contributed by atoms with Crippen molar-refractivity contribution in [3.8, 4) is 10.6 Å². The van der Waals surface area contributed by atoms with E-state index in [0.29, 0.717) is 12.1 Å². The number of aryl methyl sites for hydroxylation is 1. The lowest BCUT2D eigenvalue weighted by Crippen LogP contribution is -2.08. The molecule has 18 heavy (non-hydrogen) atoms. The van der Waals surface area contributed by atoms with E-state index in [-0.39, 0.29) is 16.4 Å². The first-order valence-electron chi connectivity index (χ1n) is 5.64. The predicted molar refractivity (Wildman–Crippen MR) is 64.7 cm³/mol. The van der Waals surface area contributed by atoms with Gasteiger partial charge in [-0.3, -0.25) is 4.79 Å². The van der Waals surface area contributed by atoms with Crippen molar-refractivity contribution in [1.29, 1.82) is 0 Å². The van der Waals surface area contributed by atoms with Crippen LogP contribution >= 0.6 is 11.3 Å². The van der Waals surface area contributed by atoms with Gasteiger partial charge in [-0.1, -0.05) is 6.07 Å². The number of benzene rings is 1. The third-order valence-electron chi connectivity index (χ3n) is 2.95. The molecule has 2 nitrogen and oxygen atoms in total. The third-order valence-corrected chi connectivity index (χ3v) is 4.08. The first kappa shape index (κ1) is 11.5. The van der Waals surface area contributed by atoms with Gasteiger partial charge in [0.05, 0.1) is 5.56 Å². The Kier molecular flexibility index (Phi) is 2.70. The molecular weight excluding hydrogens is 256 g/mol. The third kappa shape index (κ3) is 1.75. The van der Waals surface area contributed by atoms with Crippen LogP contribution < -0.4 is 0 Å². The van der Waals surface area contributed by atoms with Crippen molar-refractivity contribution in [3.63, 3.8) is 0 Å². The van der Waals surface area contributed by atoms with Gasteiger partial charge in [0.1, 0.15) is 22.3 Å². The molecule has 0 radical (unpaired) electrons. The lowest BCUT2D eigenvalue weighted by molar-refractivity contribution is 0.0968. The van der Waals surface area contributed by atoms with Crippen LogP contribution in [0.25, 0.3) is 10.6 Å². The van der Waals surface area contributed by atoms with Crippen LogP contribution in [0.15, 0.2) is 18.2 Å². The second-order valence-corrected chi connectivity index (χ2v) is 5.25. The van der Waals surface area contributed by atoms with Crippen LogP contribution in [-0.4, -0.2) is 10.8 Å². The van der Waals surface area contributed by atoms with Crippen molar-refractivity contribution in [1.82, 2.24) is 4.98 Å². The molecule has 0 bridgehead atoms. The number of nitrogens with zero attached hydrogens (tertiary/aromatic N) is 1. The quantitative estimate of drug-likeness (QED) is 0.788. The maximum Gasteiger partial charge on any atom is 0.182 e. The highest BCUT2D eigenvalue weighted by Crippen LogP contribution is 2.34. The second kappa shape index (κ2) is 4.24. The molecule has 0 aliphatic heterocycles. The molecule has 1 aromatic carbocycles. The topological polar surface area (TPSA) is 30.0 Å². The number of carbonyl (C=O) groups is 1. The average Bonchev–Trinajstić information content (AvgIpc) is 2.74. The first-order chi connectivity index (χ1) is 8.66. The first-order valence-corrected chi connectivity index (χ1v) is 6.46. The maximum atomic E-state index is 13.6. The number of halogens is 2. The monoisotopic (exact) mass is 265 g/mol. The normalized spacial score (nSPS) is 14.7. The predicted octanol–water partition coefficient (Wildman–Crippen LogP) is 3.61. The maximum absolute atomic E-state index is 13.6. The lowest BCUT2D eigenvalue weighted by Gasteiger charge is -2.06. The van der Waals surface area contributed by atoms with E-state index in [9.17, 15) is 13.6 Å². The van der Waals surface area contributed by atoms with Crippen LogP contribution in [0.1, 0.15) is 28.2 Å². The van der Waals surface area contributed by atoms with Crippen LogP contribution in [0.5, 0.6) is 0 Å². The van der Waals surface area contributed by atoms with Gasteiger partial charge < -0.3 is 0 Å². The molecular formula is C13H9F2NOS. The number of fused-ring (bicyclic) bond motifs is 1. The van der Waals surface area contributed by atoms with Crippen LogP contribution in [0, 0.1) is 11.6 Å². The zero-order valence-electron chi connectivity index (χ0n) is 9.37. The Morgan fingerprint density at radius 1 is 1.17 bits per heavy atom. The summed E-state index contributed by atoms with van der Waals surface area (Å²) in [4.78, 5) is 16.6. The summed E-state index contributed by atoms with van der Waals surface area (Å²) in [5, 5.41) is 0.255. The molecule has 3 rings (SSSR count). The number of hydrogen-bond donors (Lipinski definition) is 0. The summed E-state index contributed by atoms with van der Waals surface area (Å²) in [6.07, 6.45) is 2.01. The van der Waals surface area contributed by atoms with Crippen molar-refractivity contribution < 1.29 is 13.6 Å². The van der Waals surface area contributed by atoms with E-state index in [1.165, 1.54) is 29.5 Å². The van der Waals surface area contributed by atoms with Crippen molar-refractivity contribution >= 4 is 17.1 Å². The Bertz CT molecular complexity index is 616.